The van der Waals surface area contributed by atoms with Crippen LogP contribution in [0.25, 0.3) is 17.4 Å². The van der Waals surface area contributed by atoms with Crippen molar-refractivity contribution in [2.24, 2.45) is 21.1 Å². The lowest BCUT2D eigenvalue weighted by Crippen LogP contribution is -2.37. The molecule has 0 unspecified atom stereocenters. The molecular formula is C10H12N4O3. The average Bonchev–Trinajstić information content (AvgIpc) is 2.53. The fraction of sp³-hybridized carbons (Fsp3) is 0.300. The molecule has 90 valence electrons. The Morgan fingerprint density at radius 3 is 2.06 bits per heavy atom. The summed E-state index contributed by atoms with van der Waals surface area (Å²) in [6, 6.07) is 0. The molecule has 0 aliphatic heterocycles. The molecule has 7 nitrogen and oxygen atoms in total. The van der Waals surface area contributed by atoms with Gasteiger partial charge in [0.1, 0.15) is 0 Å². The van der Waals surface area contributed by atoms with Crippen LogP contribution in [0.3, 0.4) is 0 Å². The first-order valence-corrected chi connectivity index (χ1v) is 4.91. The predicted octanol–water partition coefficient (Wildman–Crippen LogP) is -1.16. The molecule has 0 saturated heterocycles. The highest BCUT2D eigenvalue weighted by atomic mass is 16.2. The van der Waals surface area contributed by atoms with Crippen molar-refractivity contribution in [3.05, 3.63) is 37.9 Å². The summed E-state index contributed by atoms with van der Waals surface area (Å²) in [6.45, 7) is 3.52. The van der Waals surface area contributed by atoms with E-state index in [-0.39, 0.29) is 16.9 Å². The Kier molecular flexibility index (Phi) is 2.20. The summed E-state index contributed by atoms with van der Waals surface area (Å²) in [5.41, 5.74) is -0.958. The van der Waals surface area contributed by atoms with E-state index in [1.807, 2.05) is 0 Å². The number of aryl methyl sites for hydroxylation is 2. The van der Waals surface area contributed by atoms with E-state index in [0.29, 0.717) is 0 Å². The summed E-state index contributed by atoms with van der Waals surface area (Å²) < 4.78 is 4.60. The zero-order valence-electron chi connectivity index (χ0n) is 9.80. The summed E-state index contributed by atoms with van der Waals surface area (Å²) >= 11 is 0. The third kappa shape index (κ3) is 1.19. The molecular weight excluding hydrogens is 224 g/mol. The van der Waals surface area contributed by atoms with Gasteiger partial charge in [-0.25, -0.2) is 9.59 Å². The number of hydrogen-bond acceptors (Lipinski definition) is 3. The minimum absolute atomic E-state index is 0.180. The fourth-order valence-corrected chi connectivity index (χ4v) is 1.90. The molecule has 0 atom stereocenters. The molecule has 17 heavy (non-hydrogen) atoms. The van der Waals surface area contributed by atoms with Gasteiger partial charge in [0.05, 0.1) is 0 Å². The second-order valence-corrected chi connectivity index (χ2v) is 3.77. The van der Waals surface area contributed by atoms with Crippen LogP contribution in [0, 0.1) is 0 Å². The highest BCUT2D eigenvalue weighted by Crippen LogP contribution is 2.04. The standard InChI is InChI=1S/C10H12N4O3/c1-5-14-7-6(8(15)13(4)10(14)17)11(2)9(16)12(7)3/h5H,1H2,2-4H3. The normalized spacial score (nSPS) is 11.0. The van der Waals surface area contributed by atoms with Crippen molar-refractivity contribution >= 4 is 17.4 Å². The lowest BCUT2D eigenvalue weighted by molar-refractivity contribution is 0.750. The Hall–Kier alpha value is -2.31. The van der Waals surface area contributed by atoms with Crippen molar-refractivity contribution in [3.63, 3.8) is 0 Å². The van der Waals surface area contributed by atoms with E-state index in [2.05, 4.69) is 6.58 Å². The van der Waals surface area contributed by atoms with Gasteiger partial charge in [0, 0.05) is 27.3 Å². The number of rotatable bonds is 1. The van der Waals surface area contributed by atoms with E-state index in [1.165, 1.54) is 41.0 Å². The Labute approximate surface area is 95.4 Å². The lowest BCUT2D eigenvalue weighted by Gasteiger charge is -2.05. The van der Waals surface area contributed by atoms with Gasteiger partial charge in [-0.3, -0.25) is 23.1 Å². The van der Waals surface area contributed by atoms with Crippen LogP contribution in [-0.4, -0.2) is 18.3 Å². The first-order chi connectivity index (χ1) is 7.91. The third-order valence-corrected chi connectivity index (χ3v) is 2.85. The van der Waals surface area contributed by atoms with E-state index in [4.69, 9.17) is 0 Å². The van der Waals surface area contributed by atoms with Crippen LogP contribution in [0.1, 0.15) is 0 Å². The molecule has 0 bridgehead atoms. The van der Waals surface area contributed by atoms with Crippen molar-refractivity contribution in [2.45, 2.75) is 0 Å². The van der Waals surface area contributed by atoms with Gasteiger partial charge in [-0.15, -0.1) is 0 Å². The van der Waals surface area contributed by atoms with E-state index in [9.17, 15) is 14.4 Å². The topological polar surface area (TPSA) is 70.9 Å². The van der Waals surface area contributed by atoms with Gasteiger partial charge >= 0.3 is 11.4 Å². The third-order valence-electron chi connectivity index (χ3n) is 2.85. The molecule has 0 aromatic carbocycles. The number of hydrogen-bond donors (Lipinski definition) is 0. The van der Waals surface area contributed by atoms with Crippen LogP contribution < -0.4 is 16.9 Å². The number of imidazole rings is 1. The Morgan fingerprint density at radius 2 is 1.53 bits per heavy atom. The molecule has 0 spiro atoms. The molecule has 0 aliphatic carbocycles. The minimum atomic E-state index is -0.529. The maximum atomic E-state index is 11.9. The van der Waals surface area contributed by atoms with Crippen LogP contribution >= 0.6 is 0 Å². The second kappa shape index (κ2) is 3.34. The first-order valence-electron chi connectivity index (χ1n) is 4.91. The van der Waals surface area contributed by atoms with Gasteiger partial charge in [0.15, 0.2) is 11.2 Å². The van der Waals surface area contributed by atoms with Crippen molar-refractivity contribution in [2.75, 3.05) is 0 Å². The monoisotopic (exact) mass is 236 g/mol. The quantitative estimate of drug-likeness (QED) is 0.627. The van der Waals surface area contributed by atoms with E-state index in [1.54, 1.807) is 0 Å². The summed E-state index contributed by atoms with van der Waals surface area (Å²) in [5.74, 6) is 0. The smallest absolute Gasteiger partial charge is 0.289 e. The SMILES string of the molecule is C=Cn1c(=O)n(C)c(=O)c2c1n(C)c(=O)n2C. The molecule has 2 rings (SSSR count). The Balaban J connectivity index is 3.37. The van der Waals surface area contributed by atoms with Crippen LogP contribution in [0.2, 0.25) is 0 Å². The Morgan fingerprint density at radius 1 is 0.941 bits per heavy atom. The van der Waals surface area contributed by atoms with E-state index < -0.39 is 11.2 Å². The largest absolute Gasteiger partial charge is 0.336 e. The van der Waals surface area contributed by atoms with Crippen molar-refractivity contribution in [3.8, 4) is 0 Å². The maximum absolute atomic E-state index is 11.9. The number of aromatic nitrogens is 4. The highest BCUT2D eigenvalue weighted by molar-refractivity contribution is 5.72. The van der Waals surface area contributed by atoms with Gasteiger partial charge in [-0.2, -0.15) is 0 Å². The van der Waals surface area contributed by atoms with Crippen LogP contribution in [-0.2, 0) is 21.1 Å². The molecule has 2 heterocycles. The lowest BCUT2D eigenvalue weighted by atomic mass is 10.5. The zero-order valence-corrected chi connectivity index (χ0v) is 9.80. The predicted molar refractivity (Wildman–Crippen MR) is 64.0 cm³/mol. The molecule has 2 aromatic heterocycles. The van der Waals surface area contributed by atoms with E-state index >= 15 is 0 Å². The van der Waals surface area contributed by atoms with E-state index in [0.717, 1.165) is 4.57 Å². The number of nitrogens with zero attached hydrogens (tertiary/aromatic N) is 4. The fourth-order valence-electron chi connectivity index (χ4n) is 1.90. The summed E-state index contributed by atoms with van der Waals surface area (Å²) in [5, 5.41) is 0. The van der Waals surface area contributed by atoms with Gasteiger partial charge in [-0.1, -0.05) is 6.58 Å². The van der Waals surface area contributed by atoms with Gasteiger partial charge in [-0.05, 0) is 0 Å². The molecule has 0 radical (unpaired) electrons. The summed E-state index contributed by atoms with van der Waals surface area (Å²) in [7, 11) is 4.36. The van der Waals surface area contributed by atoms with Gasteiger partial charge < -0.3 is 0 Å². The second-order valence-electron chi connectivity index (χ2n) is 3.77. The molecule has 0 fully saturated rings. The van der Waals surface area contributed by atoms with Crippen molar-refractivity contribution < 1.29 is 0 Å². The molecule has 0 saturated carbocycles. The van der Waals surface area contributed by atoms with Crippen LogP contribution in [0.5, 0.6) is 0 Å². The molecule has 0 N–H and O–H groups in total. The first kappa shape index (κ1) is 11.2. The minimum Gasteiger partial charge on any atom is -0.289 e. The van der Waals surface area contributed by atoms with Crippen LogP contribution in [0.4, 0.5) is 0 Å². The van der Waals surface area contributed by atoms with Gasteiger partial charge in [0.25, 0.3) is 5.56 Å². The zero-order chi connectivity index (χ0) is 12.9. The van der Waals surface area contributed by atoms with Crippen LogP contribution in [0.15, 0.2) is 21.0 Å². The molecule has 7 heteroatoms. The summed E-state index contributed by atoms with van der Waals surface area (Å²) in [4.78, 5) is 35.5. The number of fused-ring (bicyclic) bond motifs is 1. The molecule has 2 aromatic rings. The molecule has 0 amide bonds. The van der Waals surface area contributed by atoms with Crippen molar-refractivity contribution in [1.82, 2.24) is 18.3 Å². The highest BCUT2D eigenvalue weighted by Gasteiger charge is 2.17. The summed E-state index contributed by atoms with van der Waals surface area (Å²) in [6.07, 6.45) is 1.28. The van der Waals surface area contributed by atoms with Crippen molar-refractivity contribution in [1.29, 1.82) is 0 Å². The average molecular weight is 236 g/mol. The maximum Gasteiger partial charge on any atom is 0.336 e. The van der Waals surface area contributed by atoms with Gasteiger partial charge in [0.2, 0.25) is 0 Å². The molecule has 0 aliphatic rings. The Bertz CT molecular complexity index is 800.